The third kappa shape index (κ3) is 4.20. The second kappa shape index (κ2) is 7.08. The molecule has 0 atom stereocenters. The fourth-order valence-corrected chi connectivity index (χ4v) is 2.06. The number of carbonyl (C=O) groups is 1. The molecule has 0 unspecified atom stereocenters. The summed E-state index contributed by atoms with van der Waals surface area (Å²) in [6.07, 6.45) is 0.273. The van der Waals surface area contributed by atoms with Gasteiger partial charge in [-0.25, -0.2) is 4.39 Å². The summed E-state index contributed by atoms with van der Waals surface area (Å²) in [5.74, 6) is -0.590. The van der Waals surface area contributed by atoms with Crippen molar-refractivity contribution in [3.05, 3.63) is 34.1 Å². The molecule has 3 N–H and O–H groups in total. The summed E-state index contributed by atoms with van der Waals surface area (Å²) in [5.41, 5.74) is 5.75. The lowest BCUT2D eigenvalue weighted by molar-refractivity contribution is 0.0767. The number of halogens is 2. The van der Waals surface area contributed by atoms with E-state index >= 15 is 0 Å². The van der Waals surface area contributed by atoms with Gasteiger partial charge < -0.3 is 15.8 Å². The van der Waals surface area contributed by atoms with Crippen molar-refractivity contribution < 1.29 is 14.4 Å². The first-order chi connectivity index (χ1) is 8.99. The van der Waals surface area contributed by atoms with Crippen LogP contribution in [0.1, 0.15) is 23.7 Å². The third-order valence-electron chi connectivity index (χ3n) is 2.60. The topological polar surface area (TPSA) is 78.9 Å². The summed E-state index contributed by atoms with van der Waals surface area (Å²) in [5, 5.41) is 11.3. The van der Waals surface area contributed by atoms with E-state index < -0.39 is 5.82 Å². The van der Waals surface area contributed by atoms with Gasteiger partial charge in [-0.15, -0.1) is 0 Å². The Labute approximate surface area is 119 Å². The second-order valence-electron chi connectivity index (χ2n) is 3.85. The van der Waals surface area contributed by atoms with E-state index in [1.54, 1.807) is 0 Å². The van der Waals surface area contributed by atoms with Gasteiger partial charge in [0.2, 0.25) is 0 Å². The molecule has 0 saturated carbocycles. The maximum absolute atomic E-state index is 13.0. The van der Waals surface area contributed by atoms with E-state index in [9.17, 15) is 9.18 Å². The molecule has 0 aliphatic carbocycles. The summed E-state index contributed by atoms with van der Waals surface area (Å²) in [6.45, 7) is 2.62. The summed E-state index contributed by atoms with van der Waals surface area (Å²) >= 11 is 3.16. The Kier molecular flexibility index (Phi) is 5.75. The first kappa shape index (κ1) is 15.4. The molecule has 5 nitrogen and oxygen atoms in total. The molecule has 1 aromatic carbocycles. The molecule has 0 heterocycles. The van der Waals surface area contributed by atoms with Crippen LogP contribution < -0.4 is 5.73 Å². The third-order valence-corrected chi connectivity index (χ3v) is 3.25. The molecule has 0 radical (unpaired) electrons. The van der Waals surface area contributed by atoms with Crippen LogP contribution in [0.15, 0.2) is 27.8 Å². The standard InChI is InChI=1S/C12H15BrFN3O2/c1-2-17(6-5-11(15)16-19)12(18)9-4-3-8(14)7-10(9)13/h3-4,7,19H,2,5-6H2,1H3,(H2,15,16). The van der Waals surface area contributed by atoms with Crippen molar-refractivity contribution >= 4 is 27.7 Å². The van der Waals surface area contributed by atoms with Gasteiger partial charge in [0.25, 0.3) is 5.91 Å². The van der Waals surface area contributed by atoms with Gasteiger partial charge in [-0.05, 0) is 41.1 Å². The fourth-order valence-electron chi connectivity index (χ4n) is 1.54. The minimum absolute atomic E-state index is 0.0596. The number of amidine groups is 1. The molecular weight excluding hydrogens is 317 g/mol. The smallest absolute Gasteiger partial charge is 0.255 e. The van der Waals surface area contributed by atoms with Gasteiger partial charge in [-0.2, -0.15) is 0 Å². The number of amides is 1. The van der Waals surface area contributed by atoms with Gasteiger partial charge in [0.1, 0.15) is 11.7 Å². The van der Waals surface area contributed by atoms with Gasteiger partial charge in [-0.3, -0.25) is 4.79 Å². The molecule has 1 aromatic rings. The van der Waals surface area contributed by atoms with Gasteiger partial charge in [-0.1, -0.05) is 5.16 Å². The van der Waals surface area contributed by atoms with Crippen molar-refractivity contribution in [1.82, 2.24) is 4.90 Å². The highest BCUT2D eigenvalue weighted by molar-refractivity contribution is 9.10. The molecule has 0 spiro atoms. The first-order valence-electron chi connectivity index (χ1n) is 5.70. The Morgan fingerprint density at radius 1 is 1.58 bits per heavy atom. The molecule has 19 heavy (non-hydrogen) atoms. The van der Waals surface area contributed by atoms with Crippen LogP contribution in [0.5, 0.6) is 0 Å². The maximum Gasteiger partial charge on any atom is 0.255 e. The lowest BCUT2D eigenvalue weighted by atomic mass is 10.2. The van der Waals surface area contributed by atoms with E-state index in [0.29, 0.717) is 23.1 Å². The molecule has 104 valence electrons. The predicted molar refractivity (Wildman–Crippen MR) is 73.7 cm³/mol. The van der Waals surface area contributed by atoms with Crippen molar-refractivity contribution in [1.29, 1.82) is 0 Å². The highest BCUT2D eigenvalue weighted by Crippen LogP contribution is 2.19. The predicted octanol–water partition coefficient (Wildman–Crippen LogP) is 2.19. The van der Waals surface area contributed by atoms with Crippen LogP contribution in [-0.4, -0.2) is 34.9 Å². The van der Waals surface area contributed by atoms with Crippen molar-refractivity contribution in [3.8, 4) is 0 Å². The van der Waals surface area contributed by atoms with Gasteiger partial charge >= 0.3 is 0 Å². The second-order valence-corrected chi connectivity index (χ2v) is 4.70. The van der Waals surface area contributed by atoms with Crippen LogP contribution in [0.2, 0.25) is 0 Å². The monoisotopic (exact) mass is 331 g/mol. The van der Waals surface area contributed by atoms with E-state index in [1.807, 2.05) is 6.92 Å². The van der Waals surface area contributed by atoms with Crippen LogP contribution in [-0.2, 0) is 0 Å². The first-order valence-corrected chi connectivity index (χ1v) is 6.49. The molecule has 1 amide bonds. The van der Waals surface area contributed by atoms with Crippen molar-refractivity contribution in [2.45, 2.75) is 13.3 Å². The lowest BCUT2D eigenvalue weighted by Crippen LogP contribution is -2.34. The van der Waals surface area contributed by atoms with Crippen LogP contribution in [0.3, 0.4) is 0 Å². The van der Waals surface area contributed by atoms with Crippen molar-refractivity contribution in [2.24, 2.45) is 10.9 Å². The maximum atomic E-state index is 13.0. The van der Waals surface area contributed by atoms with Gasteiger partial charge in [0.05, 0.1) is 5.56 Å². The Balaban J connectivity index is 2.83. The zero-order chi connectivity index (χ0) is 14.4. The van der Waals surface area contributed by atoms with Gasteiger partial charge in [0, 0.05) is 24.0 Å². The number of oxime groups is 1. The molecule has 1 rings (SSSR count). The zero-order valence-corrected chi connectivity index (χ0v) is 12.0. The highest BCUT2D eigenvalue weighted by atomic mass is 79.9. The molecular formula is C12H15BrFN3O2. The lowest BCUT2D eigenvalue weighted by Gasteiger charge is -2.21. The molecule has 0 aromatic heterocycles. The largest absolute Gasteiger partial charge is 0.409 e. The van der Waals surface area contributed by atoms with Crippen LogP contribution in [0.25, 0.3) is 0 Å². The van der Waals surface area contributed by atoms with Gasteiger partial charge in [0.15, 0.2) is 0 Å². The molecule has 7 heteroatoms. The van der Waals surface area contributed by atoms with Crippen LogP contribution >= 0.6 is 15.9 Å². The molecule has 0 aliphatic heterocycles. The summed E-state index contributed by atoms with van der Waals surface area (Å²) in [4.78, 5) is 13.8. The molecule has 0 saturated heterocycles. The van der Waals surface area contributed by atoms with E-state index in [-0.39, 0.29) is 18.2 Å². The molecule has 0 aliphatic rings. The van der Waals surface area contributed by atoms with E-state index in [4.69, 9.17) is 10.9 Å². The Morgan fingerprint density at radius 3 is 2.79 bits per heavy atom. The number of nitrogens with zero attached hydrogens (tertiary/aromatic N) is 2. The van der Waals surface area contributed by atoms with E-state index in [1.165, 1.54) is 23.1 Å². The normalized spacial score (nSPS) is 11.4. The minimum Gasteiger partial charge on any atom is -0.409 e. The summed E-state index contributed by atoms with van der Waals surface area (Å²) in [7, 11) is 0. The number of carbonyl (C=O) groups excluding carboxylic acids is 1. The van der Waals surface area contributed by atoms with Crippen LogP contribution in [0, 0.1) is 5.82 Å². The number of nitrogens with two attached hydrogens (primary N) is 1. The SMILES string of the molecule is CCN(CCC(N)=NO)C(=O)c1ccc(F)cc1Br. The minimum atomic E-state index is -0.414. The summed E-state index contributed by atoms with van der Waals surface area (Å²) in [6, 6.07) is 3.90. The quantitative estimate of drug-likeness (QED) is 0.375. The van der Waals surface area contributed by atoms with Crippen molar-refractivity contribution in [2.75, 3.05) is 13.1 Å². The summed E-state index contributed by atoms with van der Waals surface area (Å²) < 4.78 is 13.4. The van der Waals surface area contributed by atoms with Crippen LogP contribution in [0.4, 0.5) is 4.39 Å². The Morgan fingerprint density at radius 2 is 2.26 bits per heavy atom. The average Bonchev–Trinajstić information content (AvgIpc) is 2.38. The Hall–Kier alpha value is -1.63. The Bertz CT molecular complexity index is 494. The highest BCUT2D eigenvalue weighted by Gasteiger charge is 2.17. The molecule has 0 bridgehead atoms. The fraction of sp³-hybridized carbons (Fsp3) is 0.333. The number of rotatable bonds is 5. The van der Waals surface area contributed by atoms with E-state index in [0.717, 1.165) is 0 Å². The number of hydrogen-bond donors (Lipinski definition) is 2. The average molecular weight is 332 g/mol. The van der Waals surface area contributed by atoms with Crippen molar-refractivity contribution in [3.63, 3.8) is 0 Å². The molecule has 0 fully saturated rings. The number of hydrogen-bond acceptors (Lipinski definition) is 3. The zero-order valence-electron chi connectivity index (χ0n) is 10.4. The number of benzene rings is 1. The van der Waals surface area contributed by atoms with E-state index in [2.05, 4.69) is 21.1 Å².